The molecule has 4 nitrogen and oxygen atoms in total. The molecule has 1 aliphatic heterocycles. The molecule has 1 fully saturated rings. The van der Waals surface area contributed by atoms with E-state index < -0.39 is 5.82 Å². The minimum Gasteiger partial charge on any atom is -0.349 e. The van der Waals surface area contributed by atoms with Crippen molar-refractivity contribution in [3.05, 3.63) is 17.3 Å². The summed E-state index contributed by atoms with van der Waals surface area (Å²) in [4.78, 5) is 11.7. The van der Waals surface area contributed by atoms with Crippen molar-refractivity contribution in [2.24, 2.45) is 0 Å². The summed E-state index contributed by atoms with van der Waals surface area (Å²) in [5.74, 6) is -0.110. The fraction of sp³-hybridized carbons (Fsp3) is 0.600. The Morgan fingerprint density at radius 1 is 1.50 bits per heavy atom. The number of piperazine rings is 1. The maximum Gasteiger partial charge on any atom is 0.224 e. The summed E-state index contributed by atoms with van der Waals surface area (Å²) < 4.78 is 13.6. The molecule has 6 heteroatoms. The molecular formula is C10H14ClFN4. The summed E-state index contributed by atoms with van der Waals surface area (Å²) in [5, 5.41) is 0.0857. The van der Waals surface area contributed by atoms with Crippen LogP contribution in [0.1, 0.15) is 6.92 Å². The van der Waals surface area contributed by atoms with E-state index in [-0.39, 0.29) is 11.3 Å². The summed E-state index contributed by atoms with van der Waals surface area (Å²) in [6.07, 6.45) is 1.12. The first kappa shape index (κ1) is 11.5. The van der Waals surface area contributed by atoms with Gasteiger partial charge in [-0.1, -0.05) is 0 Å². The Hall–Kier alpha value is -0.940. The first-order valence-electron chi connectivity index (χ1n) is 5.21. The first-order valence-corrected chi connectivity index (χ1v) is 5.59. The van der Waals surface area contributed by atoms with Crippen molar-refractivity contribution < 1.29 is 4.39 Å². The molecule has 0 aliphatic carbocycles. The summed E-state index contributed by atoms with van der Waals surface area (Å²) in [6.45, 7) is 4.58. The first-order chi connectivity index (χ1) is 7.58. The van der Waals surface area contributed by atoms with E-state index in [4.69, 9.17) is 11.6 Å². The van der Waals surface area contributed by atoms with Crippen LogP contribution in [0.4, 0.5) is 10.2 Å². The van der Waals surface area contributed by atoms with E-state index in [0.29, 0.717) is 5.82 Å². The molecule has 1 unspecified atom stereocenters. The highest BCUT2D eigenvalue weighted by Gasteiger charge is 2.25. The molecule has 2 heterocycles. The number of anilines is 1. The van der Waals surface area contributed by atoms with Crippen LogP contribution in [0.15, 0.2) is 6.20 Å². The quantitative estimate of drug-likeness (QED) is 0.700. The van der Waals surface area contributed by atoms with E-state index in [1.54, 1.807) is 0 Å². The highest BCUT2D eigenvalue weighted by atomic mass is 35.5. The predicted molar refractivity (Wildman–Crippen MR) is 61.3 cm³/mol. The van der Waals surface area contributed by atoms with Gasteiger partial charge in [-0.3, -0.25) is 0 Å². The van der Waals surface area contributed by atoms with Crippen molar-refractivity contribution in [2.45, 2.75) is 13.0 Å². The summed E-state index contributed by atoms with van der Waals surface area (Å²) in [7, 11) is 2.05. The molecule has 0 N–H and O–H groups in total. The van der Waals surface area contributed by atoms with Crippen LogP contribution in [0.2, 0.25) is 5.28 Å². The highest BCUT2D eigenvalue weighted by molar-refractivity contribution is 6.28. The molecule has 1 atom stereocenters. The lowest BCUT2D eigenvalue weighted by atomic mass is 10.2. The van der Waals surface area contributed by atoms with Gasteiger partial charge in [0.1, 0.15) is 0 Å². The Kier molecular flexibility index (Phi) is 3.25. The lowest BCUT2D eigenvalue weighted by Gasteiger charge is -2.38. The van der Waals surface area contributed by atoms with Gasteiger partial charge in [-0.2, -0.15) is 4.98 Å². The van der Waals surface area contributed by atoms with Crippen molar-refractivity contribution >= 4 is 17.4 Å². The standard InChI is InChI=1S/C10H14ClFN4/c1-7-6-15(2)3-4-16(7)9-8(12)5-13-10(11)14-9/h5,7H,3-4,6H2,1-2H3. The van der Waals surface area contributed by atoms with E-state index in [0.717, 1.165) is 25.8 Å². The van der Waals surface area contributed by atoms with Crippen molar-refractivity contribution in [2.75, 3.05) is 31.6 Å². The van der Waals surface area contributed by atoms with Crippen LogP contribution >= 0.6 is 11.6 Å². The molecule has 1 aliphatic rings. The van der Waals surface area contributed by atoms with E-state index in [2.05, 4.69) is 21.9 Å². The van der Waals surface area contributed by atoms with Crippen LogP contribution < -0.4 is 4.90 Å². The number of rotatable bonds is 1. The molecule has 2 rings (SSSR count). The zero-order chi connectivity index (χ0) is 11.7. The summed E-state index contributed by atoms with van der Waals surface area (Å²) >= 11 is 5.69. The van der Waals surface area contributed by atoms with Crippen LogP contribution in [-0.2, 0) is 0 Å². The Balaban J connectivity index is 2.26. The van der Waals surface area contributed by atoms with Crippen LogP contribution in [-0.4, -0.2) is 47.6 Å². The monoisotopic (exact) mass is 244 g/mol. The Morgan fingerprint density at radius 2 is 2.25 bits per heavy atom. The Morgan fingerprint density at radius 3 is 2.94 bits per heavy atom. The van der Waals surface area contributed by atoms with Crippen LogP contribution in [0.3, 0.4) is 0 Å². The van der Waals surface area contributed by atoms with Crippen LogP contribution in [0.25, 0.3) is 0 Å². The summed E-state index contributed by atoms with van der Waals surface area (Å²) in [5.41, 5.74) is 0. The van der Waals surface area contributed by atoms with Gasteiger partial charge in [-0.15, -0.1) is 0 Å². The average molecular weight is 245 g/mol. The van der Waals surface area contributed by atoms with E-state index >= 15 is 0 Å². The van der Waals surface area contributed by atoms with Gasteiger partial charge < -0.3 is 9.80 Å². The normalized spacial score (nSPS) is 22.5. The Bertz CT molecular complexity index is 387. The second kappa shape index (κ2) is 4.51. The minimum absolute atomic E-state index is 0.0857. The summed E-state index contributed by atoms with van der Waals surface area (Å²) in [6, 6.07) is 0.221. The highest BCUT2D eigenvalue weighted by Crippen LogP contribution is 2.21. The fourth-order valence-corrected chi connectivity index (χ4v) is 2.12. The largest absolute Gasteiger partial charge is 0.349 e. The molecule has 1 saturated heterocycles. The van der Waals surface area contributed by atoms with Gasteiger partial charge in [0, 0.05) is 25.7 Å². The lowest BCUT2D eigenvalue weighted by molar-refractivity contribution is 0.273. The average Bonchev–Trinajstić information content (AvgIpc) is 2.22. The molecular weight excluding hydrogens is 231 g/mol. The lowest BCUT2D eigenvalue weighted by Crippen LogP contribution is -2.51. The number of hydrogen-bond acceptors (Lipinski definition) is 4. The third-order valence-electron chi connectivity index (χ3n) is 2.80. The molecule has 88 valence electrons. The molecule has 0 radical (unpaired) electrons. The zero-order valence-corrected chi connectivity index (χ0v) is 10.1. The van der Waals surface area contributed by atoms with Gasteiger partial charge >= 0.3 is 0 Å². The van der Waals surface area contributed by atoms with Gasteiger partial charge in [-0.25, -0.2) is 9.37 Å². The third-order valence-corrected chi connectivity index (χ3v) is 2.98. The predicted octanol–water partition coefficient (Wildman–Crippen LogP) is 1.41. The maximum absolute atomic E-state index is 13.6. The van der Waals surface area contributed by atoms with Gasteiger partial charge in [-0.05, 0) is 25.6 Å². The third kappa shape index (κ3) is 2.25. The van der Waals surface area contributed by atoms with Gasteiger partial charge in [0.25, 0.3) is 0 Å². The minimum atomic E-state index is -0.416. The van der Waals surface area contributed by atoms with E-state index in [1.165, 1.54) is 0 Å². The molecule has 1 aromatic rings. The number of likely N-dealkylation sites (N-methyl/N-ethyl adjacent to an activating group) is 1. The van der Waals surface area contributed by atoms with E-state index in [1.807, 2.05) is 11.8 Å². The second-order valence-corrected chi connectivity index (χ2v) is 4.45. The number of aromatic nitrogens is 2. The van der Waals surface area contributed by atoms with Crippen molar-refractivity contribution in [3.8, 4) is 0 Å². The number of nitrogens with zero attached hydrogens (tertiary/aromatic N) is 4. The molecule has 0 aromatic carbocycles. The maximum atomic E-state index is 13.6. The molecule has 0 amide bonds. The molecule has 0 bridgehead atoms. The molecule has 0 spiro atoms. The topological polar surface area (TPSA) is 32.3 Å². The molecule has 16 heavy (non-hydrogen) atoms. The van der Waals surface area contributed by atoms with Crippen molar-refractivity contribution in [1.29, 1.82) is 0 Å². The SMILES string of the molecule is CC1CN(C)CCN1c1nc(Cl)ncc1F. The smallest absolute Gasteiger partial charge is 0.224 e. The number of halogens is 2. The van der Waals surface area contributed by atoms with E-state index in [9.17, 15) is 4.39 Å². The Labute approximate surface area is 99.0 Å². The molecule has 0 saturated carbocycles. The van der Waals surface area contributed by atoms with Gasteiger partial charge in [0.2, 0.25) is 5.28 Å². The van der Waals surface area contributed by atoms with Crippen molar-refractivity contribution in [3.63, 3.8) is 0 Å². The fourth-order valence-electron chi connectivity index (χ4n) is 1.99. The zero-order valence-electron chi connectivity index (χ0n) is 9.32. The number of hydrogen-bond donors (Lipinski definition) is 0. The van der Waals surface area contributed by atoms with Gasteiger partial charge in [0.05, 0.1) is 6.20 Å². The van der Waals surface area contributed by atoms with Crippen LogP contribution in [0, 0.1) is 5.82 Å². The second-order valence-electron chi connectivity index (χ2n) is 4.12. The van der Waals surface area contributed by atoms with Crippen molar-refractivity contribution in [1.82, 2.24) is 14.9 Å². The van der Waals surface area contributed by atoms with Crippen LogP contribution in [0.5, 0.6) is 0 Å². The molecule has 1 aromatic heterocycles. The van der Waals surface area contributed by atoms with Gasteiger partial charge in [0.15, 0.2) is 11.6 Å².